The molecule has 0 atom stereocenters. The Bertz CT molecular complexity index is 251. The van der Waals surface area contributed by atoms with E-state index in [1.165, 1.54) is 5.70 Å². The third kappa shape index (κ3) is 1.60. The summed E-state index contributed by atoms with van der Waals surface area (Å²) in [4.78, 5) is 2.24. The molecule has 0 spiro atoms. The molecule has 0 bridgehead atoms. The van der Waals surface area contributed by atoms with Crippen LogP contribution in [0, 0.1) is 0 Å². The third-order valence-corrected chi connectivity index (χ3v) is 1.94. The van der Waals surface area contributed by atoms with Gasteiger partial charge < -0.3 is 4.90 Å². The van der Waals surface area contributed by atoms with E-state index >= 15 is 0 Å². The highest BCUT2D eigenvalue weighted by atomic mass is 15.2. The van der Waals surface area contributed by atoms with Crippen molar-refractivity contribution in [3.63, 3.8) is 0 Å². The Hall–Kier alpha value is -0.980. The van der Waals surface area contributed by atoms with Crippen LogP contribution in [0.2, 0.25) is 0 Å². The van der Waals surface area contributed by atoms with Crippen molar-refractivity contribution in [2.45, 2.75) is 33.2 Å². The van der Waals surface area contributed by atoms with Crippen LogP contribution in [0.5, 0.6) is 0 Å². The summed E-state index contributed by atoms with van der Waals surface area (Å²) in [6, 6.07) is 0. The van der Waals surface area contributed by atoms with E-state index in [0.717, 1.165) is 5.70 Å². The zero-order valence-electron chi connectivity index (χ0n) is 8.39. The van der Waals surface area contributed by atoms with Gasteiger partial charge >= 0.3 is 0 Å². The average molecular weight is 163 g/mol. The summed E-state index contributed by atoms with van der Waals surface area (Å²) in [7, 11) is 0. The molecule has 66 valence electrons. The van der Waals surface area contributed by atoms with E-state index < -0.39 is 0 Å². The first-order valence-corrected chi connectivity index (χ1v) is 4.27. The number of nitrogens with zero attached hydrogens (tertiary/aromatic N) is 1. The van der Waals surface area contributed by atoms with E-state index in [0.29, 0.717) is 0 Å². The van der Waals surface area contributed by atoms with Gasteiger partial charge in [0.2, 0.25) is 0 Å². The van der Waals surface area contributed by atoms with Crippen LogP contribution in [0.3, 0.4) is 0 Å². The maximum Gasteiger partial charge on any atom is 0.0363 e. The molecule has 1 nitrogen and oxygen atoms in total. The second kappa shape index (κ2) is 2.81. The largest absolute Gasteiger partial charge is 0.341 e. The lowest BCUT2D eigenvalue weighted by molar-refractivity contribution is 0.243. The van der Waals surface area contributed by atoms with Crippen LogP contribution in [-0.4, -0.2) is 10.4 Å². The highest BCUT2D eigenvalue weighted by Gasteiger charge is 2.23. The van der Waals surface area contributed by atoms with Gasteiger partial charge in [0.1, 0.15) is 0 Å². The Balaban J connectivity index is 2.98. The van der Waals surface area contributed by atoms with E-state index in [1.54, 1.807) is 0 Å². The van der Waals surface area contributed by atoms with Gasteiger partial charge in [0, 0.05) is 16.9 Å². The molecule has 1 rings (SSSR count). The van der Waals surface area contributed by atoms with Crippen LogP contribution in [0.1, 0.15) is 27.7 Å². The fraction of sp³-hybridized carbons (Fsp3) is 0.455. The summed E-state index contributed by atoms with van der Waals surface area (Å²) in [5.41, 5.74) is 2.46. The van der Waals surface area contributed by atoms with Crippen LogP contribution in [0.15, 0.2) is 36.2 Å². The lowest BCUT2D eigenvalue weighted by Crippen LogP contribution is -2.39. The van der Waals surface area contributed by atoms with Gasteiger partial charge in [0.25, 0.3) is 0 Å². The van der Waals surface area contributed by atoms with Crippen LogP contribution in [0.25, 0.3) is 0 Å². The Morgan fingerprint density at radius 2 is 1.92 bits per heavy atom. The summed E-state index contributed by atoms with van der Waals surface area (Å²) in [6.07, 6.45) is 6.19. The van der Waals surface area contributed by atoms with E-state index in [9.17, 15) is 0 Å². The first-order chi connectivity index (χ1) is 5.43. The molecule has 0 saturated heterocycles. The summed E-state index contributed by atoms with van der Waals surface area (Å²) in [5.74, 6) is 0. The lowest BCUT2D eigenvalue weighted by Gasteiger charge is -2.39. The summed E-state index contributed by atoms with van der Waals surface area (Å²) in [5, 5.41) is 0. The minimum atomic E-state index is 0.127. The maximum atomic E-state index is 4.01. The fourth-order valence-corrected chi connectivity index (χ4v) is 1.63. The molecule has 1 aliphatic rings. The molecule has 0 aromatic rings. The molecule has 0 N–H and O–H groups in total. The average Bonchev–Trinajstić information content (AvgIpc) is 1.82. The highest BCUT2D eigenvalue weighted by molar-refractivity contribution is 5.31. The van der Waals surface area contributed by atoms with E-state index in [1.807, 2.05) is 12.2 Å². The molecule has 0 fully saturated rings. The summed E-state index contributed by atoms with van der Waals surface area (Å²) in [6.45, 7) is 12.7. The Morgan fingerprint density at radius 3 is 2.25 bits per heavy atom. The molecular formula is C11H17N. The third-order valence-electron chi connectivity index (χ3n) is 1.94. The van der Waals surface area contributed by atoms with Crippen LogP contribution < -0.4 is 0 Å². The first-order valence-electron chi connectivity index (χ1n) is 4.27. The Labute approximate surface area is 75.1 Å². The predicted molar refractivity (Wildman–Crippen MR) is 53.6 cm³/mol. The topological polar surface area (TPSA) is 3.24 Å². The van der Waals surface area contributed by atoms with Gasteiger partial charge in [0.15, 0.2) is 0 Å². The zero-order chi connectivity index (χ0) is 9.35. The normalized spacial score (nSPS) is 18.2. The van der Waals surface area contributed by atoms with Crippen molar-refractivity contribution < 1.29 is 0 Å². The van der Waals surface area contributed by atoms with Gasteiger partial charge in [-0.3, -0.25) is 0 Å². The molecule has 1 aliphatic heterocycles. The van der Waals surface area contributed by atoms with E-state index in [2.05, 4.69) is 45.2 Å². The van der Waals surface area contributed by atoms with Gasteiger partial charge in [-0.05, 0) is 39.8 Å². The molecule has 0 radical (unpaired) electrons. The molecule has 0 aromatic heterocycles. The molecule has 0 saturated carbocycles. The second-order valence-corrected chi connectivity index (χ2v) is 4.16. The minimum Gasteiger partial charge on any atom is -0.341 e. The van der Waals surface area contributed by atoms with Crippen molar-refractivity contribution in [3.8, 4) is 0 Å². The SMILES string of the molecule is C=C1C=CC=C(C)N1C(C)(C)C. The van der Waals surface area contributed by atoms with Crippen LogP contribution >= 0.6 is 0 Å². The number of rotatable bonds is 0. The zero-order valence-corrected chi connectivity index (χ0v) is 8.39. The summed E-state index contributed by atoms with van der Waals surface area (Å²) >= 11 is 0. The number of hydrogen-bond donors (Lipinski definition) is 0. The van der Waals surface area contributed by atoms with E-state index in [-0.39, 0.29) is 5.54 Å². The van der Waals surface area contributed by atoms with Crippen molar-refractivity contribution in [2.75, 3.05) is 0 Å². The number of hydrogen-bond acceptors (Lipinski definition) is 1. The fourth-order valence-electron chi connectivity index (χ4n) is 1.63. The lowest BCUT2D eigenvalue weighted by atomic mass is 10.0. The molecular weight excluding hydrogens is 146 g/mol. The smallest absolute Gasteiger partial charge is 0.0363 e. The standard InChI is InChI=1S/C11H17N/c1-9-7-6-8-10(2)12(9)11(3,4)5/h6-8H,1H2,2-5H3. The highest BCUT2D eigenvalue weighted by Crippen LogP contribution is 2.27. The molecule has 0 aliphatic carbocycles. The molecule has 0 unspecified atom stereocenters. The molecule has 0 aromatic carbocycles. The van der Waals surface area contributed by atoms with Gasteiger partial charge in [-0.1, -0.05) is 12.7 Å². The van der Waals surface area contributed by atoms with Crippen molar-refractivity contribution in [3.05, 3.63) is 36.2 Å². The van der Waals surface area contributed by atoms with Crippen LogP contribution in [0.4, 0.5) is 0 Å². The first kappa shape index (κ1) is 9.11. The maximum absolute atomic E-state index is 4.01. The van der Waals surface area contributed by atoms with Crippen LogP contribution in [-0.2, 0) is 0 Å². The van der Waals surface area contributed by atoms with Gasteiger partial charge in [-0.15, -0.1) is 0 Å². The monoisotopic (exact) mass is 163 g/mol. The van der Waals surface area contributed by atoms with Crippen molar-refractivity contribution in [1.29, 1.82) is 0 Å². The quantitative estimate of drug-likeness (QED) is 0.530. The van der Waals surface area contributed by atoms with E-state index in [4.69, 9.17) is 0 Å². The van der Waals surface area contributed by atoms with Gasteiger partial charge in [-0.25, -0.2) is 0 Å². The molecule has 1 heterocycles. The minimum absolute atomic E-state index is 0.127. The predicted octanol–water partition coefficient (Wildman–Crippen LogP) is 3.07. The van der Waals surface area contributed by atoms with Crippen molar-refractivity contribution in [1.82, 2.24) is 4.90 Å². The molecule has 1 heteroatoms. The molecule has 12 heavy (non-hydrogen) atoms. The Kier molecular flexibility index (Phi) is 2.14. The van der Waals surface area contributed by atoms with Crippen molar-refractivity contribution in [2.24, 2.45) is 0 Å². The molecule has 0 amide bonds. The number of allylic oxidation sites excluding steroid dienone is 4. The van der Waals surface area contributed by atoms with Gasteiger partial charge in [0.05, 0.1) is 0 Å². The van der Waals surface area contributed by atoms with Crippen molar-refractivity contribution >= 4 is 0 Å². The van der Waals surface area contributed by atoms with Gasteiger partial charge in [-0.2, -0.15) is 0 Å². The second-order valence-electron chi connectivity index (χ2n) is 4.16. The Morgan fingerprint density at radius 1 is 1.33 bits per heavy atom. The summed E-state index contributed by atoms with van der Waals surface area (Å²) < 4.78 is 0.